The maximum atomic E-state index is 4.73. The molecule has 2 N–H and O–H groups in total. The fourth-order valence-electron chi connectivity index (χ4n) is 3.24. The van der Waals surface area contributed by atoms with Crippen molar-refractivity contribution >= 4 is 5.96 Å². The van der Waals surface area contributed by atoms with E-state index in [2.05, 4.69) is 57.8 Å². The molecule has 0 saturated carbocycles. The van der Waals surface area contributed by atoms with E-state index in [0.717, 1.165) is 63.8 Å². The van der Waals surface area contributed by atoms with Gasteiger partial charge in [-0.2, -0.15) is 0 Å². The highest BCUT2D eigenvalue weighted by atomic mass is 15.2. The van der Waals surface area contributed by atoms with E-state index in [1.54, 1.807) is 0 Å². The Balaban J connectivity index is 1.44. The molecule has 0 bridgehead atoms. The molecule has 0 amide bonds. The predicted molar refractivity (Wildman–Crippen MR) is 107 cm³/mol. The number of hydrogen-bond acceptors (Lipinski definition) is 3. The molecule has 1 aliphatic rings. The van der Waals surface area contributed by atoms with Crippen LogP contribution in [0, 0.1) is 0 Å². The van der Waals surface area contributed by atoms with Crippen molar-refractivity contribution in [3.8, 4) is 0 Å². The van der Waals surface area contributed by atoms with Gasteiger partial charge in [-0.1, -0.05) is 30.3 Å². The van der Waals surface area contributed by atoms with Gasteiger partial charge in [-0.15, -0.1) is 0 Å². The molecule has 0 atom stereocenters. The van der Waals surface area contributed by atoms with Gasteiger partial charge in [0, 0.05) is 51.0 Å². The minimum Gasteiger partial charge on any atom is -0.357 e. The lowest BCUT2D eigenvalue weighted by Gasteiger charge is -2.28. The first-order chi connectivity index (χ1) is 12.8. The van der Waals surface area contributed by atoms with Crippen LogP contribution in [0.15, 0.2) is 53.7 Å². The Kier molecular flexibility index (Phi) is 7.02. The third-order valence-electron chi connectivity index (χ3n) is 4.64. The number of guanidine groups is 1. The highest BCUT2D eigenvalue weighted by Gasteiger charge is 2.14. The Morgan fingerprint density at radius 3 is 2.77 bits per heavy atom. The number of nitrogens with zero attached hydrogens (tertiary/aromatic N) is 3. The third-order valence-corrected chi connectivity index (χ3v) is 4.64. The van der Waals surface area contributed by atoms with Crippen molar-refractivity contribution in [2.75, 3.05) is 32.7 Å². The van der Waals surface area contributed by atoms with Gasteiger partial charge in [-0.05, 0) is 36.6 Å². The number of nitrogens with one attached hydrogen (secondary N) is 2. The number of rotatable bonds is 7. The zero-order chi connectivity index (χ0) is 18.0. The average molecular weight is 351 g/mol. The maximum Gasteiger partial charge on any atom is 0.191 e. The first kappa shape index (κ1) is 18.4. The molecule has 0 unspecified atom stereocenters. The topological polar surface area (TPSA) is 52.6 Å². The zero-order valence-electron chi connectivity index (χ0n) is 15.6. The molecule has 2 heterocycles. The van der Waals surface area contributed by atoms with Crippen LogP contribution < -0.4 is 10.6 Å². The molecule has 1 aliphatic heterocycles. The molecule has 2 aromatic rings. The van der Waals surface area contributed by atoms with Crippen LogP contribution in [0.25, 0.3) is 0 Å². The van der Waals surface area contributed by atoms with Crippen LogP contribution in [0.2, 0.25) is 0 Å². The minimum absolute atomic E-state index is 0.807. The summed E-state index contributed by atoms with van der Waals surface area (Å²) in [5, 5.41) is 6.73. The first-order valence-corrected chi connectivity index (χ1v) is 9.56. The Hall–Kier alpha value is -2.40. The fraction of sp³-hybridized carbons (Fsp3) is 0.429. The summed E-state index contributed by atoms with van der Waals surface area (Å²) in [4.78, 5) is 11.6. The summed E-state index contributed by atoms with van der Waals surface area (Å²) in [6.45, 7) is 7.75. The highest BCUT2D eigenvalue weighted by Crippen LogP contribution is 2.17. The summed E-state index contributed by atoms with van der Waals surface area (Å²) in [5.41, 5.74) is 4.06. The van der Waals surface area contributed by atoms with Gasteiger partial charge in [0.15, 0.2) is 5.96 Å². The van der Waals surface area contributed by atoms with Gasteiger partial charge in [-0.3, -0.25) is 14.9 Å². The van der Waals surface area contributed by atoms with Gasteiger partial charge in [0.25, 0.3) is 0 Å². The molecule has 26 heavy (non-hydrogen) atoms. The summed E-state index contributed by atoms with van der Waals surface area (Å²) in [6.07, 6.45) is 3.88. The van der Waals surface area contributed by atoms with Crippen molar-refractivity contribution in [1.82, 2.24) is 20.5 Å². The number of benzene rings is 1. The predicted octanol–water partition coefficient (Wildman–Crippen LogP) is 2.24. The second-order valence-electron chi connectivity index (χ2n) is 6.55. The van der Waals surface area contributed by atoms with Crippen molar-refractivity contribution in [1.29, 1.82) is 0 Å². The van der Waals surface area contributed by atoms with Crippen molar-refractivity contribution in [3.63, 3.8) is 0 Å². The first-order valence-electron chi connectivity index (χ1n) is 9.56. The molecule has 0 spiro atoms. The smallest absolute Gasteiger partial charge is 0.191 e. The molecule has 1 aromatic carbocycles. The minimum atomic E-state index is 0.807. The van der Waals surface area contributed by atoms with E-state index < -0.39 is 0 Å². The zero-order valence-corrected chi connectivity index (χ0v) is 15.6. The molecule has 3 rings (SSSR count). The van der Waals surface area contributed by atoms with Crippen molar-refractivity contribution in [3.05, 3.63) is 65.5 Å². The van der Waals surface area contributed by atoms with Crippen LogP contribution in [0.4, 0.5) is 0 Å². The van der Waals surface area contributed by atoms with Crippen molar-refractivity contribution in [2.45, 2.75) is 26.3 Å². The number of pyridine rings is 1. The number of aliphatic imine (C=N–C) groups is 1. The van der Waals surface area contributed by atoms with E-state index >= 15 is 0 Å². The molecule has 0 saturated heterocycles. The average Bonchev–Trinajstić information content (AvgIpc) is 2.69. The highest BCUT2D eigenvalue weighted by molar-refractivity contribution is 5.79. The lowest BCUT2D eigenvalue weighted by atomic mass is 10.0. The molecule has 1 aromatic heterocycles. The Labute approximate surface area is 156 Å². The summed E-state index contributed by atoms with van der Waals surface area (Å²) < 4.78 is 0. The summed E-state index contributed by atoms with van der Waals surface area (Å²) in [7, 11) is 0. The molecule has 138 valence electrons. The fourth-order valence-corrected chi connectivity index (χ4v) is 3.24. The van der Waals surface area contributed by atoms with E-state index in [4.69, 9.17) is 4.99 Å². The van der Waals surface area contributed by atoms with E-state index in [0.29, 0.717) is 0 Å². The van der Waals surface area contributed by atoms with Gasteiger partial charge in [-0.25, -0.2) is 0 Å². The van der Waals surface area contributed by atoms with Crippen molar-refractivity contribution < 1.29 is 0 Å². The molecule has 5 nitrogen and oxygen atoms in total. The van der Waals surface area contributed by atoms with Gasteiger partial charge < -0.3 is 10.6 Å². The van der Waals surface area contributed by atoms with Crippen LogP contribution in [-0.2, 0) is 19.4 Å². The van der Waals surface area contributed by atoms with Crippen molar-refractivity contribution in [2.24, 2.45) is 4.99 Å². The molecule has 0 fully saturated rings. The summed E-state index contributed by atoms with van der Waals surface area (Å²) in [6, 6.07) is 14.8. The lowest BCUT2D eigenvalue weighted by molar-refractivity contribution is 0.261. The maximum absolute atomic E-state index is 4.73. The second-order valence-corrected chi connectivity index (χ2v) is 6.55. The van der Waals surface area contributed by atoms with Crippen LogP contribution in [-0.4, -0.2) is 48.6 Å². The molecule has 0 aliphatic carbocycles. The number of hydrogen-bond donors (Lipinski definition) is 2. The van der Waals surface area contributed by atoms with Crippen LogP contribution in [0.5, 0.6) is 0 Å². The van der Waals surface area contributed by atoms with Crippen LogP contribution in [0.1, 0.15) is 23.7 Å². The SMILES string of the molecule is CCNC(=NCCN1CCc2ccccc2C1)NCCc1ccccn1. The lowest BCUT2D eigenvalue weighted by Crippen LogP contribution is -2.39. The number of aromatic nitrogens is 1. The van der Waals surface area contributed by atoms with Gasteiger partial charge in [0.2, 0.25) is 0 Å². The molecular formula is C21H29N5. The van der Waals surface area contributed by atoms with Crippen LogP contribution in [0.3, 0.4) is 0 Å². The summed E-state index contributed by atoms with van der Waals surface area (Å²) >= 11 is 0. The third kappa shape index (κ3) is 5.56. The van der Waals surface area contributed by atoms with E-state index in [1.165, 1.54) is 11.1 Å². The van der Waals surface area contributed by atoms with Crippen LogP contribution >= 0.6 is 0 Å². The summed E-state index contributed by atoms with van der Waals surface area (Å²) in [5.74, 6) is 0.890. The standard InChI is InChI=1S/C21H29N5/c1-2-22-21(24-13-10-20-9-5-6-12-23-20)25-14-16-26-15-11-18-7-3-4-8-19(18)17-26/h3-9,12H,2,10-11,13-17H2,1H3,(H2,22,24,25). The Bertz CT molecular complexity index is 699. The normalized spacial score (nSPS) is 14.7. The molecular weight excluding hydrogens is 322 g/mol. The Morgan fingerprint density at radius 2 is 1.96 bits per heavy atom. The second kappa shape index (κ2) is 9.92. The Morgan fingerprint density at radius 1 is 1.12 bits per heavy atom. The monoisotopic (exact) mass is 351 g/mol. The van der Waals surface area contributed by atoms with E-state index in [-0.39, 0.29) is 0 Å². The van der Waals surface area contributed by atoms with Gasteiger partial charge in [0.05, 0.1) is 6.54 Å². The molecule has 5 heteroatoms. The van der Waals surface area contributed by atoms with E-state index in [9.17, 15) is 0 Å². The van der Waals surface area contributed by atoms with Gasteiger partial charge >= 0.3 is 0 Å². The van der Waals surface area contributed by atoms with E-state index in [1.807, 2.05) is 18.3 Å². The quantitative estimate of drug-likeness (QED) is 0.593. The number of fused-ring (bicyclic) bond motifs is 1. The van der Waals surface area contributed by atoms with Gasteiger partial charge in [0.1, 0.15) is 0 Å². The largest absolute Gasteiger partial charge is 0.357 e. The molecule has 0 radical (unpaired) electrons.